The lowest BCUT2D eigenvalue weighted by molar-refractivity contribution is -0.145. The van der Waals surface area contributed by atoms with Gasteiger partial charge in [0.1, 0.15) is 0 Å². The van der Waals surface area contributed by atoms with Crippen LogP contribution >= 0.6 is 0 Å². The Morgan fingerprint density at radius 2 is 2.35 bits per heavy atom. The number of carbonyl (C=O) groups excluding carboxylic acids is 2. The Balaban J connectivity index is 2.01. The molecule has 1 aliphatic rings. The SMILES string of the molecule is COC(=O)CC1CN(C(=O)c2ccnc(C)c2)CCO1. The van der Waals surface area contributed by atoms with E-state index < -0.39 is 0 Å². The lowest BCUT2D eigenvalue weighted by atomic mass is 10.1. The first kappa shape index (κ1) is 14.5. The van der Waals surface area contributed by atoms with Crippen molar-refractivity contribution in [3.63, 3.8) is 0 Å². The van der Waals surface area contributed by atoms with Gasteiger partial charge in [0.2, 0.25) is 0 Å². The van der Waals surface area contributed by atoms with Crippen LogP contribution < -0.4 is 0 Å². The second kappa shape index (κ2) is 6.47. The van der Waals surface area contributed by atoms with Crippen LogP contribution in [0.1, 0.15) is 22.5 Å². The second-order valence-electron chi connectivity index (χ2n) is 4.71. The van der Waals surface area contributed by atoms with Crippen LogP contribution in [0.25, 0.3) is 0 Å². The first-order chi connectivity index (χ1) is 9.60. The van der Waals surface area contributed by atoms with Gasteiger partial charge >= 0.3 is 5.97 Å². The highest BCUT2D eigenvalue weighted by Gasteiger charge is 2.27. The number of rotatable bonds is 3. The van der Waals surface area contributed by atoms with Gasteiger partial charge in [0.15, 0.2) is 0 Å². The quantitative estimate of drug-likeness (QED) is 0.765. The highest BCUT2D eigenvalue weighted by Crippen LogP contribution is 2.13. The summed E-state index contributed by atoms with van der Waals surface area (Å²) in [4.78, 5) is 29.4. The zero-order chi connectivity index (χ0) is 14.5. The molecule has 2 rings (SSSR count). The second-order valence-corrected chi connectivity index (χ2v) is 4.71. The molecule has 1 atom stereocenters. The molecule has 1 unspecified atom stereocenters. The fourth-order valence-corrected chi connectivity index (χ4v) is 2.16. The minimum atomic E-state index is -0.330. The number of methoxy groups -OCH3 is 1. The predicted octanol–water partition coefficient (Wildman–Crippen LogP) is 0.794. The normalized spacial score (nSPS) is 18.7. The number of nitrogens with zero attached hydrogens (tertiary/aromatic N) is 2. The predicted molar refractivity (Wildman–Crippen MR) is 71.3 cm³/mol. The number of aryl methyl sites for hydroxylation is 1. The molecule has 1 amide bonds. The van der Waals surface area contributed by atoms with E-state index >= 15 is 0 Å². The standard InChI is InChI=1S/C14H18N2O4/c1-10-7-11(3-4-15-10)14(18)16-5-6-20-12(9-16)8-13(17)19-2/h3-4,7,12H,5-6,8-9H2,1-2H3. The molecule has 2 heterocycles. The van der Waals surface area contributed by atoms with Crippen LogP contribution in [-0.2, 0) is 14.3 Å². The molecule has 6 heteroatoms. The third-order valence-corrected chi connectivity index (χ3v) is 3.19. The average molecular weight is 278 g/mol. The van der Waals surface area contributed by atoms with E-state index in [0.29, 0.717) is 25.3 Å². The van der Waals surface area contributed by atoms with Gasteiger partial charge in [-0.3, -0.25) is 14.6 Å². The van der Waals surface area contributed by atoms with E-state index in [0.717, 1.165) is 5.69 Å². The van der Waals surface area contributed by atoms with E-state index in [1.807, 2.05) is 6.92 Å². The lowest BCUT2D eigenvalue weighted by Crippen LogP contribution is -2.46. The third-order valence-electron chi connectivity index (χ3n) is 3.19. The zero-order valence-corrected chi connectivity index (χ0v) is 11.7. The van der Waals surface area contributed by atoms with E-state index in [2.05, 4.69) is 9.72 Å². The molecule has 0 saturated carbocycles. The molecule has 0 aliphatic carbocycles. The van der Waals surface area contributed by atoms with Crippen LogP contribution in [0.3, 0.4) is 0 Å². The number of carbonyl (C=O) groups is 2. The lowest BCUT2D eigenvalue weighted by Gasteiger charge is -2.32. The summed E-state index contributed by atoms with van der Waals surface area (Å²) in [5.74, 6) is -0.391. The van der Waals surface area contributed by atoms with Crippen molar-refractivity contribution in [3.05, 3.63) is 29.6 Å². The summed E-state index contributed by atoms with van der Waals surface area (Å²) in [7, 11) is 1.34. The maximum Gasteiger partial charge on any atom is 0.308 e. The van der Waals surface area contributed by atoms with Crippen molar-refractivity contribution < 1.29 is 19.1 Å². The summed E-state index contributed by atoms with van der Waals surface area (Å²) in [6.45, 7) is 3.20. The van der Waals surface area contributed by atoms with Crippen molar-refractivity contribution in [3.8, 4) is 0 Å². The first-order valence-electron chi connectivity index (χ1n) is 6.50. The largest absolute Gasteiger partial charge is 0.469 e. The van der Waals surface area contributed by atoms with Gasteiger partial charge in [0.25, 0.3) is 5.91 Å². The number of hydrogen-bond donors (Lipinski definition) is 0. The van der Waals surface area contributed by atoms with Gasteiger partial charge in [0.05, 0.1) is 26.2 Å². The minimum absolute atomic E-state index is 0.0614. The third kappa shape index (κ3) is 3.54. The summed E-state index contributed by atoms with van der Waals surface area (Å²) >= 11 is 0. The number of morpholine rings is 1. The molecule has 6 nitrogen and oxygen atoms in total. The van der Waals surface area contributed by atoms with E-state index in [-0.39, 0.29) is 24.4 Å². The summed E-state index contributed by atoms with van der Waals surface area (Å²) in [5.41, 5.74) is 1.41. The maximum absolute atomic E-state index is 12.4. The van der Waals surface area contributed by atoms with Gasteiger partial charge in [-0.1, -0.05) is 0 Å². The molecule has 1 aromatic heterocycles. The van der Waals surface area contributed by atoms with Crippen molar-refractivity contribution in [2.24, 2.45) is 0 Å². The zero-order valence-electron chi connectivity index (χ0n) is 11.7. The average Bonchev–Trinajstić information content (AvgIpc) is 2.46. The number of amides is 1. The highest BCUT2D eigenvalue weighted by atomic mass is 16.5. The van der Waals surface area contributed by atoms with Crippen molar-refractivity contribution in [1.29, 1.82) is 0 Å². The number of ether oxygens (including phenoxy) is 2. The Bertz CT molecular complexity index is 504. The van der Waals surface area contributed by atoms with E-state index in [9.17, 15) is 9.59 Å². The van der Waals surface area contributed by atoms with E-state index in [1.54, 1.807) is 23.2 Å². The molecule has 0 aromatic carbocycles. The Kier molecular flexibility index (Phi) is 4.68. The number of hydrogen-bond acceptors (Lipinski definition) is 5. The monoisotopic (exact) mass is 278 g/mol. The van der Waals surface area contributed by atoms with Gasteiger partial charge < -0.3 is 14.4 Å². The molecule has 0 spiro atoms. The summed E-state index contributed by atoms with van der Waals surface area (Å²) in [5, 5.41) is 0. The molecule has 0 bridgehead atoms. The summed E-state index contributed by atoms with van der Waals surface area (Å²) in [6, 6.07) is 3.45. The van der Waals surface area contributed by atoms with Crippen LogP contribution in [-0.4, -0.2) is 54.7 Å². The smallest absolute Gasteiger partial charge is 0.308 e. The fraction of sp³-hybridized carbons (Fsp3) is 0.500. The van der Waals surface area contributed by atoms with Crippen molar-refractivity contribution >= 4 is 11.9 Å². The van der Waals surface area contributed by atoms with Crippen LogP contribution in [0.5, 0.6) is 0 Å². The van der Waals surface area contributed by atoms with Crippen molar-refractivity contribution in [1.82, 2.24) is 9.88 Å². The Morgan fingerprint density at radius 1 is 1.55 bits per heavy atom. The van der Waals surface area contributed by atoms with E-state index in [4.69, 9.17) is 4.74 Å². The topological polar surface area (TPSA) is 68.7 Å². The van der Waals surface area contributed by atoms with Crippen molar-refractivity contribution in [2.75, 3.05) is 26.8 Å². The number of esters is 1. The Labute approximate surface area is 117 Å². The molecule has 0 N–H and O–H groups in total. The van der Waals surface area contributed by atoms with Crippen molar-refractivity contribution in [2.45, 2.75) is 19.4 Å². The molecule has 1 fully saturated rings. The molecular weight excluding hydrogens is 260 g/mol. The maximum atomic E-state index is 12.4. The molecule has 108 valence electrons. The van der Waals surface area contributed by atoms with Crippen LogP contribution in [0, 0.1) is 6.92 Å². The summed E-state index contributed by atoms with van der Waals surface area (Å²) in [6.07, 6.45) is 1.48. The Hall–Kier alpha value is -1.95. The van der Waals surface area contributed by atoms with Gasteiger partial charge in [-0.2, -0.15) is 0 Å². The van der Waals surface area contributed by atoms with E-state index in [1.165, 1.54) is 7.11 Å². The first-order valence-corrected chi connectivity index (χ1v) is 6.50. The van der Waals surface area contributed by atoms with Gasteiger partial charge in [-0.25, -0.2) is 0 Å². The van der Waals surface area contributed by atoms with Crippen LogP contribution in [0.2, 0.25) is 0 Å². The molecule has 1 saturated heterocycles. The van der Waals surface area contributed by atoms with Gasteiger partial charge in [-0.15, -0.1) is 0 Å². The van der Waals surface area contributed by atoms with Gasteiger partial charge in [0, 0.05) is 30.5 Å². The molecular formula is C14H18N2O4. The highest BCUT2D eigenvalue weighted by molar-refractivity contribution is 5.94. The molecule has 1 aliphatic heterocycles. The van der Waals surface area contributed by atoms with Gasteiger partial charge in [-0.05, 0) is 19.1 Å². The molecule has 0 radical (unpaired) electrons. The number of aromatic nitrogens is 1. The number of pyridine rings is 1. The molecule has 1 aromatic rings. The Morgan fingerprint density at radius 3 is 3.05 bits per heavy atom. The molecule has 20 heavy (non-hydrogen) atoms. The van der Waals surface area contributed by atoms with Crippen LogP contribution in [0.4, 0.5) is 0 Å². The van der Waals surface area contributed by atoms with Crippen LogP contribution in [0.15, 0.2) is 18.3 Å². The minimum Gasteiger partial charge on any atom is -0.469 e. The fourth-order valence-electron chi connectivity index (χ4n) is 2.16. The summed E-state index contributed by atoms with van der Waals surface area (Å²) < 4.78 is 10.1.